The minimum absolute atomic E-state index is 0.0108. The molecule has 0 radical (unpaired) electrons. The number of carbonyl (C=O) groups excluding carboxylic acids is 2. The van der Waals surface area contributed by atoms with Gasteiger partial charge in [-0.15, -0.1) is 0 Å². The Kier molecular flexibility index (Phi) is 65.9. The third-order valence-corrected chi connectivity index (χ3v) is 16.4. The molecule has 0 heterocycles. The first-order valence-electron chi connectivity index (χ1n) is 35.3. The lowest BCUT2D eigenvalue weighted by atomic mass is 10.0. The lowest BCUT2D eigenvalue weighted by Gasteiger charge is -2.20. The summed E-state index contributed by atoms with van der Waals surface area (Å²) in [5.74, 6) is -0.0910. The first kappa shape index (κ1) is 76.1. The van der Waals surface area contributed by atoms with Crippen LogP contribution in [0.3, 0.4) is 0 Å². The van der Waals surface area contributed by atoms with E-state index < -0.39 is 12.1 Å². The first-order chi connectivity index (χ1) is 38.5. The Labute approximate surface area is 487 Å². The van der Waals surface area contributed by atoms with Gasteiger partial charge >= 0.3 is 5.97 Å². The third-order valence-electron chi connectivity index (χ3n) is 16.4. The number of aliphatic hydroxyl groups excluding tert-OH is 2. The molecular formula is C72H137NO5. The van der Waals surface area contributed by atoms with Crippen LogP contribution >= 0.6 is 0 Å². The van der Waals surface area contributed by atoms with Crippen molar-refractivity contribution in [3.63, 3.8) is 0 Å². The zero-order valence-corrected chi connectivity index (χ0v) is 52.7. The molecule has 1 amide bonds. The van der Waals surface area contributed by atoms with Crippen LogP contribution < -0.4 is 5.32 Å². The standard InChI is InChI=1S/C72H137NO5/c1-3-5-7-9-11-13-15-17-19-21-23-24-25-26-27-28-30-32-36-40-44-48-52-56-60-64-70(75)69(68-74)73-71(76)65-61-57-53-49-45-41-37-33-31-35-39-43-47-51-55-59-63-67-78-72(77)66-62-58-54-50-46-42-38-34-29-22-20-18-16-14-12-10-8-6-4-2/h31,35,43,47,60,64,69-70,74-75H,3-30,32-34,36-42,44-46,48-59,61-63,65-68H2,1-2H3,(H,73,76)/b35-31-,47-43-,64-60+. The van der Waals surface area contributed by atoms with Gasteiger partial charge in [0.15, 0.2) is 0 Å². The van der Waals surface area contributed by atoms with E-state index in [1.165, 1.54) is 276 Å². The molecule has 0 spiro atoms. The highest BCUT2D eigenvalue weighted by molar-refractivity contribution is 5.76. The van der Waals surface area contributed by atoms with Crippen molar-refractivity contribution in [3.05, 3.63) is 36.5 Å². The van der Waals surface area contributed by atoms with Crippen molar-refractivity contribution < 1.29 is 24.5 Å². The molecule has 6 nitrogen and oxygen atoms in total. The molecule has 0 aliphatic carbocycles. The van der Waals surface area contributed by atoms with Gasteiger partial charge in [-0.1, -0.05) is 339 Å². The summed E-state index contributed by atoms with van der Waals surface area (Å²) in [5, 5.41) is 23.3. The van der Waals surface area contributed by atoms with Crippen molar-refractivity contribution in [2.75, 3.05) is 13.2 Å². The number of hydrogen-bond acceptors (Lipinski definition) is 5. The summed E-state index contributed by atoms with van der Waals surface area (Å²) >= 11 is 0. The summed E-state index contributed by atoms with van der Waals surface area (Å²) in [6.45, 7) is 4.90. The second kappa shape index (κ2) is 67.6. The fourth-order valence-electron chi connectivity index (χ4n) is 11.0. The number of esters is 1. The molecule has 2 atom stereocenters. The number of unbranched alkanes of at least 4 members (excludes halogenated alkanes) is 51. The van der Waals surface area contributed by atoms with Gasteiger partial charge in [0.2, 0.25) is 5.91 Å². The topological polar surface area (TPSA) is 95.9 Å². The van der Waals surface area contributed by atoms with Crippen LogP contribution in [0.15, 0.2) is 36.5 Å². The van der Waals surface area contributed by atoms with Crippen molar-refractivity contribution in [3.8, 4) is 0 Å². The molecule has 460 valence electrons. The van der Waals surface area contributed by atoms with Crippen LogP contribution in [-0.4, -0.2) is 47.4 Å². The van der Waals surface area contributed by atoms with Gasteiger partial charge in [0.05, 0.1) is 25.4 Å². The maximum absolute atomic E-state index is 12.5. The highest BCUT2D eigenvalue weighted by Gasteiger charge is 2.18. The van der Waals surface area contributed by atoms with E-state index in [9.17, 15) is 19.8 Å². The van der Waals surface area contributed by atoms with Crippen molar-refractivity contribution in [2.24, 2.45) is 0 Å². The molecule has 0 aliphatic heterocycles. The SMILES string of the molecule is CCCCCCCCCCCCCCCCCCCCCCCCC/C=C/C(O)C(CO)NC(=O)CCCCCCCCC/C=C\C/C=C\CCCCCOC(=O)CCCCCCCCCCCCCCCCCCCCC. The zero-order chi connectivity index (χ0) is 56.4. The molecule has 2 unspecified atom stereocenters. The van der Waals surface area contributed by atoms with Crippen LogP contribution in [0.25, 0.3) is 0 Å². The average Bonchev–Trinajstić information content (AvgIpc) is 3.44. The average molecular weight is 1100 g/mol. The second-order valence-corrected chi connectivity index (χ2v) is 24.2. The van der Waals surface area contributed by atoms with Gasteiger partial charge in [-0.25, -0.2) is 0 Å². The molecule has 0 aromatic carbocycles. The van der Waals surface area contributed by atoms with Gasteiger partial charge < -0.3 is 20.3 Å². The fourth-order valence-corrected chi connectivity index (χ4v) is 11.0. The summed E-state index contributed by atoms with van der Waals surface area (Å²) in [6, 6.07) is -0.642. The van der Waals surface area contributed by atoms with Crippen molar-refractivity contribution in [2.45, 2.75) is 398 Å². The Bertz CT molecular complexity index is 1260. The number of rotatable bonds is 66. The van der Waals surface area contributed by atoms with Crippen LogP contribution in [0, 0.1) is 0 Å². The molecular weight excluding hydrogens is 959 g/mol. The zero-order valence-electron chi connectivity index (χ0n) is 52.7. The van der Waals surface area contributed by atoms with E-state index in [-0.39, 0.29) is 18.5 Å². The molecule has 0 saturated heterocycles. The first-order valence-corrected chi connectivity index (χ1v) is 35.3. The number of carbonyl (C=O) groups is 2. The summed E-state index contributed by atoms with van der Waals surface area (Å²) in [4.78, 5) is 24.6. The number of nitrogens with one attached hydrogen (secondary N) is 1. The highest BCUT2D eigenvalue weighted by atomic mass is 16.5. The number of aliphatic hydroxyl groups is 2. The van der Waals surface area contributed by atoms with Crippen molar-refractivity contribution in [1.29, 1.82) is 0 Å². The molecule has 0 rings (SSSR count). The van der Waals surface area contributed by atoms with Gasteiger partial charge in [0.1, 0.15) is 0 Å². The smallest absolute Gasteiger partial charge is 0.305 e. The monoisotopic (exact) mass is 1100 g/mol. The summed E-state index contributed by atoms with van der Waals surface area (Å²) in [5.41, 5.74) is 0. The van der Waals surface area contributed by atoms with Gasteiger partial charge in [0, 0.05) is 12.8 Å². The maximum Gasteiger partial charge on any atom is 0.305 e. The van der Waals surface area contributed by atoms with E-state index in [1.54, 1.807) is 6.08 Å². The van der Waals surface area contributed by atoms with E-state index in [0.29, 0.717) is 19.4 Å². The molecule has 6 heteroatoms. The highest BCUT2D eigenvalue weighted by Crippen LogP contribution is 2.19. The number of amides is 1. The molecule has 0 aliphatic rings. The molecule has 0 bridgehead atoms. The molecule has 0 saturated carbocycles. The van der Waals surface area contributed by atoms with E-state index in [2.05, 4.69) is 43.5 Å². The Morgan fingerprint density at radius 3 is 0.974 bits per heavy atom. The van der Waals surface area contributed by atoms with E-state index in [0.717, 1.165) is 83.5 Å². The minimum atomic E-state index is -0.857. The Morgan fingerprint density at radius 1 is 0.359 bits per heavy atom. The second-order valence-electron chi connectivity index (χ2n) is 24.2. The Morgan fingerprint density at radius 2 is 0.641 bits per heavy atom. The van der Waals surface area contributed by atoms with Crippen LogP contribution in [0.1, 0.15) is 386 Å². The van der Waals surface area contributed by atoms with Crippen LogP contribution in [0.2, 0.25) is 0 Å². The maximum atomic E-state index is 12.5. The Balaban J connectivity index is 3.49. The fraction of sp³-hybridized carbons (Fsp3) is 0.889. The number of hydrogen-bond donors (Lipinski definition) is 3. The molecule has 3 N–H and O–H groups in total. The largest absolute Gasteiger partial charge is 0.466 e. The normalized spacial score (nSPS) is 12.7. The lowest BCUT2D eigenvalue weighted by molar-refractivity contribution is -0.143. The Hall–Kier alpha value is -1.92. The van der Waals surface area contributed by atoms with Gasteiger partial charge in [-0.2, -0.15) is 0 Å². The quantitative estimate of drug-likeness (QED) is 0.0320. The van der Waals surface area contributed by atoms with E-state index in [1.807, 2.05) is 6.08 Å². The van der Waals surface area contributed by atoms with Crippen LogP contribution in [0.5, 0.6) is 0 Å². The predicted octanol–water partition coefficient (Wildman–Crippen LogP) is 22.7. The van der Waals surface area contributed by atoms with Crippen molar-refractivity contribution in [1.82, 2.24) is 5.32 Å². The van der Waals surface area contributed by atoms with Crippen LogP contribution in [-0.2, 0) is 14.3 Å². The van der Waals surface area contributed by atoms with E-state index in [4.69, 9.17) is 4.74 Å². The van der Waals surface area contributed by atoms with E-state index >= 15 is 0 Å². The number of ether oxygens (including phenoxy) is 1. The van der Waals surface area contributed by atoms with Crippen LogP contribution in [0.4, 0.5) is 0 Å². The number of allylic oxidation sites excluding steroid dienone is 5. The lowest BCUT2D eigenvalue weighted by Crippen LogP contribution is -2.45. The molecule has 0 fully saturated rings. The summed E-state index contributed by atoms with van der Waals surface area (Å²) < 4.78 is 5.48. The third kappa shape index (κ3) is 63.3. The predicted molar refractivity (Wildman–Crippen MR) is 343 cm³/mol. The molecule has 78 heavy (non-hydrogen) atoms. The molecule has 0 aromatic rings. The minimum Gasteiger partial charge on any atom is -0.466 e. The van der Waals surface area contributed by atoms with Gasteiger partial charge in [-0.05, 0) is 70.6 Å². The summed E-state index contributed by atoms with van der Waals surface area (Å²) in [7, 11) is 0. The van der Waals surface area contributed by atoms with Crippen molar-refractivity contribution >= 4 is 11.9 Å². The summed E-state index contributed by atoms with van der Waals surface area (Å²) in [6.07, 6.45) is 86.5. The van der Waals surface area contributed by atoms with Gasteiger partial charge in [0.25, 0.3) is 0 Å². The van der Waals surface area contributed by atoms with Gasteiger partial charge in [-0.3, -0.25) is 9.59 Å². The molecule has 0 aromatic heterocycles.